The van der Waals surface area contributed by atoms with E-state index in [0.717, 1.165) is 6.07 Å². The molecule has 29 heavy (non-hydrogen) atoms. The number of aliphatic carboxylic acids is 1. The van der Waals surface area contributed by atoms with Gasteiger partial charge < -0.3 is 14.6 Å². The van der Waals surface area contributed by atoms with Crippen LogP contribution in [0, 0.1) is 0 Å². The molecule has 0 amide bonds. The van der Waals surface area contributed by atoms with Crippen LogP contribution in [0.1, 0.15) is 5.56 Å². The topological polar surface area (TPSA) is 68.7 Å². The number of carboxylic acids is 1. The molecule has 1 aromatic heterocycles. The third-order valence-corrected chi connectivity index (χ3v) is 4.27. The van der Waals surface area contributed by atoms with Crippen LogP contribution in [-0.2, 0) is 15.7 Å². The van der Waals surface area contributed by atoms with Crippen molar-refractivity contribution in [2.45, 2.75) is 6.18 Å². The molecule has 0 saturated carbocycles. The Morgan fingerprint density at radius 1 is 1.10 bits per heavy atom. The van der Waals surface area contributed by atoms with Crippen molar-refractivity contribution in [3.05, 3.63) is 59.1 Å². The number of hydrogen-bond donors (Lipinski definition) is 1. The minimum atomic E-state index is -4.56. The molecule has 1 heterocycles. The van der Waals surface area contributed by atoms with Crippen molar-refractivity contribution in [1.29, 1.82) is 0 Å². The van der Waals surface area contributed by atoms with E-state index < -0.39 is 24.3 Å². The molecule has 0 atom stereocenters. The molecule has 0 unspecified atom stereocenters. The van der Waals surface area contributed by atoms with Gasteiger partial charge in [-0.25, -0.2) is 9.78 Å². The summed E-state index contributed by atoms with van der Waals surface area (Å²) in [7, 11) is 0. The van der Waals surface area contributed by atoms with Gasteiger partial charge in [-0.2, -0.15) is 13.2 Å². The molecule has 0 aliphatic rings. The Kier molecular flexibility index (Phi) is 6.24. The summed E-state index contributed by atoms with van der Waals surface area (Å²) in [5, 5.41) is 8.55. The number of nitrogens with zero attached hydrogens (tertiary/aromatic N) is 1. The van der Waals surface area contributed by atoms with Crippen molar-refractivity contribution in [3.63, 3.8) is 0 Å². The van der Waals surface area contributed by atoms with Crippen molar-refractivity contribution < 1.29 is 32.5 Å². The normalized spacial score (nSPS) is 11.6. The smallest absolute Gasteiger partial charge is 0.417 e. The van der Waals surface area contributed by atoms with Crippen LogP contribution in [0.5, 0.6) is 5.75 Å². The van der Waals surface area contributed by atoms with Crippen molar-refractivity contribution >= 4 is 28.5 Å². The maximum absolute atomic E-state index is 13.5. The van der Waals surface area contributed by atoms with Gasteiger partial charge in [0.05, 0.1) is 28.4 Å². The second-order valence-electron chi connectivity index (χ2n) is 6.01. The van der Waals surface area contributed by atoms with Crippen LogP contribution in [0.2, 0.25) is 5.02 Å². The molecular weight excluding hydrogens is 411 g/mol. The molecule has 9 heteroatoms. The Bertz CT molecular complexity index is 1020. The van der Waals surface area contributed by atoms with Gasteiger partial charge in [0.1, 0.15) is 19.0 Å². The van der Waals surface area contributed by atoms with Crippen molar-refractivity contribution in [3.8, 4) is 17.0 Å². The first-order chi connectivity index (χ1) is 13.8. The van der Waals surface area contributed by atoms with Gasteiger partial charge in [0.25, 0.3) is 0 Å². The monoisotopic (exact) mass is 425 g/mol. The number of hydrogen-bond acceptors (Lipinski definition) is 4. The Morgan fingerprint density at radius 3 is 2.48 bits per heavy atom. The molecule has 3 rings (SSSR count). The number of alkyl halides is 3. The van der Waals surface area contributed by atoms with E-state index >= 15 is 0 Å². The highest BCUT2D eigenvalue weighted by Crippen LogP contribution is 2.38. The van der Waals surface area contributed by atoms with E-state index in [1.54, 1.807) is 24.3 Å². The van der Waals surface area contributed by atoms with E-state index in [4.69, 9.17) is 26.2 Å². The molecule has 0 bridgehead atoms. The number of aromatic nitrogens is 1. The molecule has 0 aliphatic heterocycles. The number of halogens is 4. The summed E-state index contributed by atoms with van der Waals surface area (Å²) in [6.45, 7) is -0.192. The average molecular weight is 426 g/mol. The summed E-state index contributed by atoms with van der Waals surface area (Å²) in [5.41, 5.74) is -0.133. The fraction of sp³-hybridized carbons (Fsp3) is 0.200. The molecule has 0 aliphatic carbocycles. The summed E-state index contributed by atoms with van der Waals surface area (Å²) in [4.78, 5) is 14.6. The number of rotatable bonds is 7. The second kappa shape index (κ2) is 8.67. The maximum atomic E-state index is 13.5. The molecule has 3 aromatic rings. The lowest BCUT2D eigenvalue weighted by molar-refractivity contribution is -0.142. The molecule has 1 N–H and O–H groups in total. The van der Waals surface area contributed by atoms with E-state index in [-0.39, 0.29) is 34.8 Å². The van der Waals surface area contributed by atoms with E-state index in [1.165, 1.54) is 18.2 Å². The first-order valence-corrected chi connectivity index (χ1v) is 8.83. The predicted molar refractivity (Wildman–Crippen MR) is 101 cm³/mol. The molecule has 0 radical (unpaired) electrons. The number of para-hydroxylation sites is 1. The summed E-state index contributed by atoms with van der Waals surface area (Å²) in [6.07, 6.45) is -4.56. The van der Waals surface area contributed by atoms with Crippen molar-refractivity contribution in [2.24, 2.45) is 0 Å². The van der Waals surface area contributed by atoms with Crippen LogP contribution in [0.15, 0.2) is 48.5 Å². The zero-order chi connectivity index (χ0) is 21.0. The highest BCUT2D eigenvalue weighted by Gasteiger charge is 2.33. The SMILES string of the molecule is O=C(O)COCCOc1ccc(-c2cc(C(F)(F)F)c3cccc(Cl)c3n2)cc1. The zero-order valence-corrected chi connectivity index (χ0v) is 15.6. The number of ether oxygens (including phenoxy) is 2. The van der Waals surface area contributed by atoms with Crippen LogP contribution >= 0.6 is 11.6 Å². The first-order valence-electron chi connectivity index (χ1n) is 8.45. The highest BCUT2D eigenvalue weighted by molar-refractivity contribution is 6.35. The number of pyridine rings is 1. The standard InChI is InChI=1S/C20H15ClF3NO4/c21-16-3-1-2-14-15(20(22,23)24)10-17(25-19(14)16)12-4-6-13(7-5-12)29-9-8-28-11-18(26)27/h1-7,10H,8-9,11H2,(H,26,27). The van der Waals surface area contributed by atoms with Gasteiger partial charge >= 0.3 is 12.1 Å². The third-order valence-electron chi connectivity index (χ3n) is 3.97. The predicted octanol–water partition coefficient (Wildman–Crippen LogP) is 5.05. The number of benzene rings is 2. The highest BCUT2D eigenvalue weighted by atomic mass is 35.5. The molecule has 2 aromatic carbocycles. The lowest BCUT2D eigenvalue weighted by Crippen LogP contribution is -2.12. The summed E-state index contributed by atoms with van der Waals surface area (Å²) in [5.74, 6) is -0.613. The largest absolute Gasteiger partial charge is 0.491 e. The lowest BCUT2D eigenvalue weighted by atomic mass is 10.0. The molecule has 152 valence electrons. The summed E-state index contributed by atoms with van der Waals surface area (Å²) in [6, 6.07) is 11.6. The summed E-state index contributed by atoms with van der Waals surface area (Å²) < 4.78 is 50.8. The van der Waals surface area contributed by atoms with Gasteiger partial charge in [-0.15, -0.1) is 0 Å². The minimum absolute atomic E-state index is 0.0601. The van der Waals surface area contributed by atoms with Crippen molar-refractivity contribution in [1.82, 2.24) is 4.98 Å². The number of fused-ring (bicyclic) bond motifs is 1. The summed E-state index contributed by atoms with van der Waals surface area (Å²) >= 11 is 6.07. The van der Waals surface area contributed by atoms with Gasteiger partial charge in [0.2, 0.25) is 0 Å². The minimum Gasteiger partial charge on any atom is -0.491 e. The van der Waals surface area contributed by atoms with Crippen molar-refractivity contribution in [2.75, 3.05) is 19.8 Å². The van der Waals surface area contributed by atoms with E-state index in [9.17, 15) is 18.0 Å². The van der Waals surface area contributed by atoms with Crippen LogP contribution in [0.3, 0.4) is 0 Å². The molecular formula is C20H15ClF3NO4. The fourth-order valence-corrected chi connectivity index (χ4v) is 2.91. The fourth-order valence-electron chi connectivity index (χ4n) is 2.70. The average Bonchev–Trinajstić information content (AvgIpc) is 2.67. The molecule has 0 fully saturated rings. The molecule has 5 nitrogen and oxygen atoms in total. The van der Waals surface area contributed by atoms with E-state index in [0.29, 0.717) is 11.3 Å². The second-order valence-corrected chi connectivity index (χ2v) is 6.42. The van der Waals surface area contributed by atoms with E-state index in [2.05, 4.69) is 4.98 Å². The van der Waals surface area contributed by atoms with Gasteiger partial charge in [-0.1, -0.05) is 23.7 Å². The Hall–Kier alpha value is -2.84. The van der Waals surface area contributed by atoms with Gasteiger partial charge in [0, 0.05) is 10.9 Å². The Morgan fingerprint density at radius 2 is 1.83 bits per heavy atom. The Labute approximate surface area is 168 Å². The lowest BCUT2D eigenvalue weighted by Gasteiger charge is -2.13. The van der Waals surface area contributed by atoms with Gasteiger partial charge in [0.15, 0.2) is 0 Å². The van der Waals surface area contributed by atoms with Gasteiger partial charge in [-0.3, -0.25) is 0 Å². The molecule has 0 spiro atoms. The maximum Gasteiger partial charge on any atom is 0.417 e. The zero-order valence-electron chi connectivity index (χ0n) is 14.9. The number of carbonyl (C=O) groups is 1. The Balaban J connectivity index is 1.83. The van der Waals surface area contributed by atoms with Crippen LogP contribution < -0.4 is 4.74 Å². The first kappa shape index (κ1) is 20.9. The number of carboxylic acid groups (broad SMARTS) is 1. The quantitative estimate of drug-likeness (QED) is 0.536. The van der Waals surface area contributed by atoms with Crippen LogP contribution in [0.25, 0.3) is 22.2 Å². The molecule has 0 saturated heterocycles. The van der Waals surface area contributed by atoms with Gasteiger partial charge in [-0.05, 0) is 36.4 Å². The van der Waals surface area contributed by atoms with E-state index in [1.807, 2.05) is 0 Å². The third kappa shape index (κ3) is 5.16. The van der Waals surface area contributed by atoms with Crippen LogP contribution in [0.4, 0.5) is 13.2 Å². The van der Waals surface area contributed by atoms with Crippen LogP contribution in [-0.4, -0.2) is 35.9 Å².